The Morgan fingerprint density at radius 2 is 1.68 bits per heavy atom. The van der Waals surface area contributed by atoms with Crippen LogP contribution in [0, 0.1) is 0 Å². The zero-order chi connectivity index (χ0) is 24.8. The van der Waals surface area contributed by atoms with Gasteiger partial charge in [0.05, 0.1) is 16.3 Å². The lowest BCUT2D eigenvalue weighted by molar-refractivity contribution is 0.0953. The molecule has 34 heavy (non-hydrogen) atoms. The summed E-state index contributed by atoms with van der Waals surface area (Å²) >= 11 is 0. The number of carbonyl (C=O) groups excluding carboxylic acids is 1. The predicted octanol–water partition coefficient (Wildman–Crippen LogP) is -0.178. The van der Waals surface area contributed by atoms with Crippen molar-refractivity contribution in [2.45, 2.75) is 12.8 Å². The number of nitrogens with zero attached hydrogens (tertiary/aromatic N) is 3. The van der Waals surface area contributed by atoms with Crippen molar-refractivity contribution < 1.29 is 9.90 Å². The van der Waals surface area contributed by atoms with Crippen LogP contribution in [0.4, 0.5) is 0 Å². The first kappa shape index (κ1) is 25.1. The van der Waals surface area contributed by atoms with Crippen LogP contribution in [0.2, 0.25) is 0 Å². The maximum Gasteiger partial charge on any atom is 0.253 e. The quantitative estimate of drug-likeness (QED) is 0.238. The van der Waals surface area contributed by atoms with Crippen molar-refractivity contribution >= 4 is 34.2 Å². The number of aromatic hydroxyl groups is 1. The second kappa shape index (κ2) is 11.1. The van der Waals surface area contributed by atoms with Crippen molar-refractivity contribution in [1.82, 2.24) is 30.4 Å². The van der Waals surface area contributed by atoms with Crippen LogP contribution in [-0.2, 0) is 0 Å². The molecule has 1 heterocycles. The van der Waals surface area contributed by atoms with Crippen LogP contribution < -0.4 is 26.7 Å². The Morgan fingerprint density at radius 3 is 2.35 bits per heavy atom. The summed E-state index contributed by atoms with van der Waals surface area (Å²) < 4.78 is 0. The molecule has 2 aromatic carbocycles. The van der Waals surface area contributed by atoms with Crippen molar-refractivity contribution in [2.24, 2.45) is 0 Å². The number of amides is 1. The minimum Gasteiger partial charge on any atom is -0.507 e. The number of benzene rings is 2. The zero-order valence-corrected chi connectivity index (χ0v) is 20.1. The fraction of sp³-hybridized carbons (Fsp3) is 0.417. The van der Waals surface area contributed by atoms with Crippen LogP contribution in [0.1, 0.15) is 23.2 Å². The van der Waals surface area contributed by atoms with E-state index in [1.807, 2.05) is 33.1 Å². The van der Waals surface area contributed by atoms with Gasteiger partial charge in [-0.3, -0.25) is 14.4 Å². The molecule has 0 radical (unpaired) electrons. The molecule has 10 nitrogen and oxygen atoms in total. The summed E-state index contributed by atoms with van der Waals surface area (Å²) in [5.74, 6) is -0.596. The molecule has 0 unspecified atom stereocenters. The van der Waals surface area contributed by atoms with E-state index in [4.69, 9.17) is 0 Å². The van der Waals surface area contributed by atoms with Crippen molar-refractivity contribution in [3.05, 3.63) is 49.4 Å². The van der Waals surface area contributed by atoms with Gasteiger partial charge < -0.3 is 30.5 Å². The van der Waals surface area contributed by atoms with Crippen LogP contribution >= 0.6 is 0 Å². The first-order valence-electron chi connectivity index (χ1n) is 11.2. The summed E-state index contributed by atoms with van der Waals surface area (Å²) in [4.78, 5) is 49.5. The molecule has 10 heteroatoms. The van der Waals surface area contributed by atoms with Gasteiger partial charge in [-0.25, -0.2) is 4.98 Å². The largest absolute Gasteiger partial charge is 0.507 e. The number of phenols is 1. The zero-order valence-electron chi connectivity index (χ0n) is 20.1. The third kappa shape index (κ3) is 5.89. The predicted molar refractivity (Wildman–Crippen MR) is 134 cm³/mol. The van der Waals surface area contributed by atoms with Gasteiger partial charge in [-0.2, -0.15) is 0 Å². The number of fused-ring (bicyclic) bond motifs is 2. The van der Waals surface area contributed by atoms with Gasteiger partial charge in [-0.1, -0.05) is 0 Å². The smallest absolute Gasteiger partial charge is 0.253 e. The molecule has 0 aliphatic heterocycles. The number of phenolic OH excluding ortho intramolecular Hbond substituents is 1. The molecular weight excluding hydrogens is 436 g/mol. The molecule has 3 aromatic rings. The topological polar surface area (TPSA) is 131 Å². The van der Waals surface area contributed by atoms with E-state index in [1.165, 1.54) is 12.1 Å². The summed E-state index contributed by atoms with van der Waals surface area (Å²) in [5.41, 5.74) is -0.150. The molecule has 0 saturated carbocycles. The number of aromatic amines is 1. The average molecular weight is 469 g/mol. The minimum atomic E-state index is -0.486. The fourth-order valence-corrected chi connectivity index (χ4v) is 3.63. The van der Waals surface area contributed by atoms with E-state index >= 15 is 0 Å². The molecule has 1 amide bonds. The molecule has 0 saturated heterocycles. The number of nitrogens with one attached hydrogen (secondary N) is 3. The molecule has 3 rings (SSSR count). The maximum atomic E-state index is 12.8. The molecule has 0 spiro atoms. The number of H-pyrrole nitrogens is 1. The Hall–Kier alpha value is -3.50. The highest BCUT2D eigenvalue weighted by Gasteiger charge is 2.16. The van der Waals surface area contributed by atoms with E-state index < -0.39 is 10.9 Å². The van der Waals surface area contributed by atoms with Crippen LogP contribution in [0.25, 0.3) is 28.3 Å². The monoisotopic (exact) mass is 468 g/mol. The van der Waals surface area contributed by atoms with Crippen LogP contribution in [-0.4, -0.2) is 85.2 Å². The highest BCUT2D eigenvalue weighted by atomic mass is 16.3. The van der Waals surface area contributed by atoms with E-state index in [9.17, 15) is 19.5 Å². The molecule has 0 aliphatic carbocycles. The highest BCUT2D eigenvalue weighted by molar-refractivity contribution is 6.06. The van der Waals surface area contributed by atoms with Gasteiger partial charge in [0.2, 0.25) is 10.9 Å². The third-order valence-electron chi connectivity index (χ3n) is 5.38. The standard InChI is InChI=1S/C24H32N6O4/c1-29(2)11-5-9-25-14-16-18(32)13-19(33)23-21(16)28-22-17(31)8-7-15(20(22)27-23)24(34)26-10-6-12-30(3)4/h7-8,13-14,25,27,32H,5-6,9-12H2,1-4H3,(H,26,34). The van der Waals surface area contributed by atoms with Crippen molar-refractivity contribution in [1.29, 1.82) is 0 Å². The summed E-state index contributed by atoms with van der Waals surface area (Å²) in [6.07, 6.45) is 3.24. The summed E-state index contributed by atoms with van der Waals surface area (Å²) in [7, 11) is 7.88. The molecule has 0 bridgehead atoms. The van der Waals surface area contributed by atoms with E-state index in [0.29, 0.717) is 18.3 Å². The third-order valence-corrected chi connectivity index (χ3v) is 5.38. The first-order chi connectivity index (χ1) is 16.2. The van der Waals surface area contributed by atoms with Gasteiger partial charge in [-0.15, -0.1) is 0 Å². The molecular formula is C24H32N6O4. The van der Waals surface area contributed by atoms with Gasteiger partial charge in [-0.05, 0) is 66.3 Å². The molecule has 0 fully saturated rings. The van der Waals surface area contributed by atoms with E-state index in [2.05, 4.69) is 25.5 Å². The van der Waals surface area contributed by atoms with Crippen LogP contribution in [0.5, 0.6) is 5.75 Å². The first-order valence-corrected chi connectivity index (χ1v) is 11.2. The average Bonchev–Trinajstić information content (AvgIpc) is 2.77. The summed E-state index contributed by atoms with van der Waals surface area (Å²) in [6.45, 7) is 2.84. The van der Waals surface area contributed by atoms with E-state index in [1.54, 1.807) is 6.20 Å². The van der Waals surface area contributed by atoms with E-state index in [0.717, 1.165) is 32.0 Å². The fourth-order valence-electron chi connectivity index (χ4n) is 3.63. The minimum absolute atomic E-state index is 0.0284. The van der Waals surface area contributed by atoms with Gasteiger partial charge in [0, 0.05) is 25.4 Å². The number of carbonyl (C=O) groups is 1. The molecule has 0 atom stereocenters. The molecule has 182 valence electrons. The Balaban J connectivity index is 2.03. The van der Waals surface area contributed by atoms with Gasteiger partial charge in [0.1, 0.15) is 22.3 Å². The second-order valence-corrected chi connectivity index (χ2v) is 8.77. The van der Waals surface area contributed by atoms with Gasteiger partial charge in [0.15, 0.2) is 0 Å². The molecule has 0 aliphatic rings. The SMILES string of the molecule is CN(C)CCCNC=c1c(O)cc(=O)c2[nH]c3c(C(=O)NCCCN(C)C)ccc(=O)c3nc12. The Bertz CT molecular complexity index is 1350. The lowest BCUT2D eigenvalue weighted by atomic mass is 10.1. The van der Waals surface area contributed by atoms with Crippen molar-refractivity contribution in [3.8, 4) is 5.75 Å². The van der Waals surface area contributed by atoms with E-state index in [-0.39, 0.29) is 39.3 Å². The Labute approximate surface area is 197 Å². The highest BCUT2D eigenvalue weighted by Crippen LogP contribution is 2.15. The van der Waals surface area contributed by atoms with Crippen LogP contribution in [0.15, 0.2) is 27.8 Å². The number of hydrogen-bond donors (Lipinski definition) is 4. The van der Waals surface area contributed by atoms with Gasteiger partial charge in [0.25, 0.3) is 5.91 Å². The van der Waals surface area contributed by atoms with Crippen molar-refractivity contribution in [2.75, 3.05) is 54.4 Å². The number of hydrogen-bond acceptors (Lipinski definition) is 8. The number of rotatable bonds is 10. The maximum absolute atomic E-state index is 12.8. The Kier molecular flexibility index (Phi) is 8.19. The normalized spacial score (nSPS) is 12.2. The summed E-state index contributed by atoms with van der Waals surface area (Å²) in [5, 5.41) is 16.7. The lowest BCUT2D eigenvalue weighted by Crippen LogP contribution is -2.28. The lowest BCUT2D eigenvalue weighted by Gasteiger charge is -2.11. The molecule has 1 aromatic heterocycles. The molecule has 4 N–H and O–H groups in total. The number of aromatic nitrogens is 2. The van der Waals surface area contributed by atoms with Crippen molar-refractivity contribution in [3.63, 3.8) is 0 Å². The van der Waals surface area contributed by atoms with Gasteiger partial charge >= 0.3 is 0 Å². The van der Waals surface area contributed by atoms with Crippen LogP contribution in [0.3, 0.4) is 0 Å². The summed E-state index contributed by atoms with van der Waals surface area (Å²) in [6, 6.07) is 3.81. The Morgan fingerprint density at radius 1 is 1.00 bits per heavy atom. The second-order valence-electron chi connectivity index (χ2n) is 8.77.